The largest absolute Gasteiger partial charge is 0.616 e. The maximum atomic E-state index is 15.0. The first-order valence-corrected chi connectivity index (χ1v) is 12.1. The van der Waals surface area contributed by atoms with Crippen LogP contribution in [0.4, 0.5) is 14.9 Å². The summed E-state index contributed by atoms with van der Waals surface area (Å²) < 4.78 is 33.6. The first kappa shape index (κ1) is 20.6. The van der Waals surface area contributed by atoms with Crippen molar-refractivity contribution in [2.45, 2.75) is 18.2 Å². The van der Waals surface area contributed by atoms with Crippen LogP contribution in [0, 0.1) is 17.7 Å². The highest BCUT2D eigenvalue weighted by Crippen LogP contribution is 2.60. The second-order valence-corrected chi connectivity index (χ2v) is 10.3. The number of pyridine rings is 1. The molecule has 11 heteroatoms. The molecule has 3 fully saturated rings. The van der Waals surface area contributed by atoms with E-state index in [2.05, 4.69) is 15.3 Å². The number of anilines is 1. The third-order valence-corrected chi connectivity index (χ3v) is 8.32. The van der Waals surface area contributed by atoms with Crippen LogP contribution < -0.4 is 10.6 Å². The lowest BCUT2D eigenvalue weighted by atomic mass is 10.0. The second-order valence-electron chi connectivity index (χ2n) is 8.76. The molecule has 0 bridgehead atoms. The van der Waals surface area contributed by atoms with Gasteiger partial charge in [-0.1, -0.05) is 22.5 Å². The number of amides is 1. The number of carbonyl (C=O) groups is 1. The van der Waals surface area contributed by atoms with Gasteiger partial charge in [0.05, 0.1) is 36.2 Å². The molecule has 0 spiro atoms. The van der Waals surface area contributed by atoms with Gasteiger partial charge in [-0.3, -0.25) is 9.88 Å². The number of rotatable bonds is 5. The number of hydrogen-bond acceptors (Lipinski definition) is 7. The number of nitrogens with zero attached hydrogens (tertiary/aromatic N) is 5. The van der Waals surface area contributed by atoms with Crippen LogP contribution in [-0.2, 0) is 28.0 Å². The third kappa shape index (κ3) is 3.38. The van der Waals surface area contributed by atoms with Crippen LogP contribution in [0.15, 0.2) is 48.9 Å². The van der Waals surface area contributed by atoms with Crippen molar-refractivity contribution in [3.8, 4) is 11.1 Å². The van der Waals surface area contributed by atoms with Crippen LogP contribution in [0.2, 0.25) is 0 Å². The molecule has 0 radical (unpaired) electrons. The highest BCUT2D eigenvalue weighted by atomic mass is 32.2. The van der Waals surface area contributed by atoms with Gasteiger partial charge in [-0.15, -0.1) is 5.10 Å². The Kier molecular flexibility index (Phi) is 4.68. The number of fused-ring (bicyclic) bond motifs is 1. The summed E-state index contributed by atoms with van der Waals surface area (Å²) in [7, 11) is 0. The molecule has 5 atom stereocenters. The number of nitrogens with two attached hydrogens (primary N) is 1. The zero-order chi connectivity index (χ0) is 22.7. The maximum absolute atomic E-state index is 15.0. The molecular weight excluding hydrogens is 447 g/mol. The number of hydrogen-bond donors (Lipinski definition) is 1. The van der Waals surface area contributed by atoms with Gasteiger partial charge in [0.1, 0.15) is 23.4 Å². The summed E-state index contributed by atoms with van der Waals surface area (Å²) >= 11 is -0.779. The van der Waals surface area contributed by atoms with Gasteiger partial charge in [-0.05, 0) is 24.3 Å². The summed E-state index contributed by atoms with van der Waals surface area (Å²) in [5, 5.41) is 7.61. The molecule has 4 heterocycles. The van der Waals surface area contributed by atoms with Crippen molar-refractivity contribution in [2.24, 2.45) is 17.6 Å². The summed E-state index contributed by atoms with van der Waals surface area (Å²) in [6.45, 7) is 0.667. The molecule has 170 valence electrons. The lowest BCUT2D eigenvalue weighted by Gasteiger charge is -2.17. The van der Waals surface area contributed by atoms with Crippen LogP contribution >= 0.6 is 0 Å². The average molecular weight is 469 g/mol. The summed E-state index contributed by atoms with van der Waals surface area (Å²) in [5.41, 5.74) is 8.19. The summed E-state index contributed by atoms with van der Waals surface area (Å²) in [6, 6.07) is 8.28. The Bertz CT molecular complexity index is 1200. The number of carbonyl (C=O) groups excluding carboxylic acids is 1. The summed E-state index contributed by atoms with van der Waals surface area (Å²) in [4.78, 5) is 18.2. The standard InChI is InChI=1S/C22H21FN6O3S/c23-19-7-14(29-10-15(32-21(29)30)9-28-6-5-26-27-28)2-3-16(19)13-1-4-20(25-8-13)22(24)17-11-33(31)12-18(17)22/h1-8,15,17-18H,9-12,24H2/t15-,17-,18+,22-,33?/m0/s1. The second kappa shape index (κ2) is 7.51. The molecule has 1 amide bonds. The molecule has 6 rings (SSSR count). The van der Waals surface area contributed by atoms with Crippen LogP contribution in [0.25, 0.3) is 11.1 Å². The first-order valence-electron chi connectivity index (χ1n) is 10.7. The Hall–Kier alpha value is -3.02. The average Bonchev–Trinajstić information content (AvgIpc) is 3.33. The molecule has 1 aliphatic carbocycles. The van der Waals surface area contributed by atoms with Gasteiger partial charge in [-0.2, -0.15) is 0 Å². The van der Waals surface area contributed by atoms with Crippen molar-refractivity contribution in [2.75, 3.05) is 23.0 Å². The Morgan fingerprint density at radius 2 is 2.09 bits per heavy atom. The van der Waals surface area contributed by atoms with Gasteiger partial charge in [-0.25, -0.2) is 13.9 Å². The van der Waals surface area contributed by atoms with Crippen molar-refractivity contribution in [3.05, 3.63) is 60.4 Å². The van der Waals surface area contributed by atoms with E-state index in [1.807, 2.05) is 6.07 Å². The monoisotopic (exact) mass is 468 g/mol. The smallest absolute Gasteiger partial charge is 0.414 e. The number of benzene rings is 1. The molecule has 2 N–H and O–H groups in total. The molecule has 2 aliphatic heterocycles. The van der Waals surface area contributed by atoms with Gasteiger partial charge >= 0.3 is 6.09 Å². The van der Waals surface area contributed by atoms with Crippen LogP contribution in [0.1, 0.15) is 5.69 Å². The molecule has 2 saturated heterocycles. The number of cyclic esters (lactones) is 1. The Labute approximate surface area is 191 Å². The van der Waals surface area contributed by atoms with E-state index in [0.717, 1.165) is 5.69 Å². The minimum absolute atomic E-state index is 0.210. The van der Waals surface area contributed by atoms with Gasteiger partial charge in [0.25, 0.3) is 0 Å². The third-order valence-electron chi connectivity index (χ3n) is 6.85. The minimum Gasteiger partial charge on any atom is -0.616 e. The number of ether oxygens (including phenoxy) is 1. The molecule has 1 saturated carbocycles. The van der Waals surface area contributed by atoms with E-state index in [-0.39, 0.29) is 11.8 Å². The lowest BCUT2D eigenvalue weighted by Crippen LogP contribution is -2.31. The predicted molar refractivity (Wildman–Crippen MR) is 118 cm³/mol. The zero-order valence-electron chi connectivity index (χ0n) is 17.5. The molecule has 3 aliphatic rings. The zero-order valence-corrected chi connectivity index (χ0v) is 18.3. The van der Waals surface area contributed by atoms with E-state index in [1.54, 1.807) is 41.5 Å². The molecular formula is C22H21FN6O3S. The molecule has 3 aromatic rings. The van der Waals surface area contributed by atoms with Crippen molar-refractivity contribution in [1.82, 2.24) is 20.0 Å². The molecule has 1 unspecified atom stereocenters. The van der Waals surface area contributed by atoms with Crippen molar-refractivity contribution < 1.29 is 18.5 Å². The number of halogens is 1. The fourth-order valence-electron chi connectivity index (χ4n) is 5.00. The van der Waals surface area contributed by atoms with Crippen molar-refractivity contribution in [3.63, 3.8) is 0 Å². The normalized spacial score (nSPS) is 30.4. The quantitative estimate of drug-likeness (QED) is 0.565. The van der Waals surface area contributed by atoms with E-state index < -0.39 is 34.7 Å². The van der Waals surface area contributed by atoms with E-state index in [9.17, 15) is 9.35 Å². The Morgan fingerprint density at radius 1 is 1.27 bits per heavy atom. The lowest BCUT2D eigenvalue weighted by molar-refractivity contribution is 0.129. The van der Waals surface area contributed by atoms with E-state index in [4.69, 9.17) is 10.5 Å². The van der Waals surface area contributed by atoms with Gasteiger partial charge in [0.2, 0.25) is 0 Å². The van der Waals surface area contributed by atoms with Crippen molar-refractivity contribution >= 4 is 23.0 Å². The van der Waals surface area contributed by atoms with Crippen LogP contribution in [-0.4, -0.2) is 54.8 Å². The minimum atomic E-state index is -0.779. The summed E-state index contributed by atoms with van der Waals surface area (Å²) in [5.74, 6) is 1.21. The fraction of sp³-hybridized carbons (Fsp3) is 0.364. The molecule has 9 nitrogen and oxygen atoms in total. The maximum Gasteiger partial charge on any atom is 0.414 e. The number of aromatic nitrogens is 4. The van der Waals surface area contributed by atoms with Crippen molar-refractivity contribution in [1.29, 1.82) is 0 Å². The Balaban J connectivity index is 1.17. The highest BCUT2D eigenvalue weighted by Gasteiger charge is 2.71. The molecule has 33 heavy (non-hydrogen) atoms. The molecule has 1 aromatic carbocycles. The van der Waals surface area contributed by atoms with Gasteiger partial charge in [0.15, 0.2) is 0 Å². The fourth-order valence-corrected chi connectivity index (χ4v) is 6.95. The van der Waals surface area contributed by atoms with Crippen LogP contribution in [0.3, 0.4) is 0 Å². The van der Waals surface area contributed by atoms with Crippen LogP contribution in [0.5, 0.6) is 0 Å². The summed E-state index contributed by atoms with van der Waals surface area (Å²) in [6.07, 6.45) is 3.93. The Morgan fingerprint density at radius 3 is 2.76 bits per heavy atom. The SMILES string of the molecule is N[C@]1(c2ccc(-c3ccc(N4C[C@H](Cn5ccnn5)OC4=O)cc3F)cn2)[C@@H]2C[S+]([O-])C[C@@H]21. The topological polar surface area (TPSA) is 122 Å². The first-order chi connectivity index (χ1) is 15.9. The van der Waals surface area contributed by atoms with Gasteiger partial charge in [0, 0.05) is 35.4 Å². The molecule has 2 aromatic heterocycles. The highest BCUT2D eigenvalue weighted by molar-refractivity contribution is 7.91. The van der Waals surface area contributed by atoms with E-state index in [0.29, 0.717) is 41.4 Å². The van der Waals surface area contributed by atoms with E-state index >= 15 is 4.39 Å². The predicted octanol–water partition coefficient (Wildman–Crippen LogP) is 1.67. The van der Waals surface area contributed by atoms with E-state index in [1.165, 1.54) is 11.0 Å². The van der Waals surface area contributed by atoms with Gasteiger partial charge < -0.3 is 15.0 Å².